The van der Waals surface area contributed by atoms with Crippen LogP contribution in [0.15, 0.2) is 77.7 Å². The van der Waals surface area contributed by atoms with Crippen molar-refractivity contribution in [3.63, 3.8) is 0 Å². The highest BCUT2D eigenvalue weighted by atomic mass is 35.5. The van der Waals surface area contributed by atoms with Gasteiger partial charge in [-0.3, -0.25) is 9.59 Å². The highest BCUT2D eigenvalue weighted by Gasteiger charge is 2.36. The van der Waals surface area contributed by atoms with Gasteiger partial charge in [-0.15, -0.1) is 0 Å². The van der Waals surface area contributed by atoms with Gasteiger partial charge < -0.3 is 4.74 Å². The molecule has 1 saturated heterocycles. The summed E-state index contributed by atoms with van der Waals surface area (Å²) in [5.41, 5.74) is 2.19. The number of hydrogen-bond acceptors (Lipinski definition) is 4. The molecule has 0 aromatic heterocycles. The van der Waals surface area contributed by atoms with Crippen LogP contribution in [0.1, 0.15) is 11.1 Å². The Bertz CT molecular complexity index is 1130. The van der Waals surface area contributed by atoms with E-state index < -0.39 is 0 Å². The summed E-state index contributed by atoms with van der Waals surface area (Å²) in [7, 11) is 0. The molecule has 0 N–H and O–H groups in total. The molecule has 4 nitrogen and oxygen atoms in total. The molecule has 3 aromatic carbocycles. The average Bonchev–Trinajstić information content (AvgIpc) is 3.02. The standard InChI is InChI=1S/C23H15Cl2NO3S/c24-17-7-9-18(10-8-17)26-22(27)21(30-23(26)28)13-15-5-11-19(12-6-15)29-14-16-3-1-2-4-20(16)25/h1-13H,14H2/b21-13-. The molecule has 0 bridgehead atoms. The van der Waals surface area contributed by atoms with Gasteiger partial charge in [0.1, 0.15) is 12.4 Å². The van der Waals surface area contributed by atoms with Gasteiger partial charge in [0.15, 0.2) is 0 Å². The van der Waals surface area contributed by atoms with E-state index in [0.29, 0.717) is 33.0 Å². The van der Waals surface area contributed by atoms with Crippen molar-refractivity contribution < 1.29 is 14.3 Å². The molecule has 0 atom stereocenters. The van der Waals surface area contributed by atoms with Crippen molar-refractivity contribution in [3.8, 4) is 5.75 Å². The molecule has 4 rings (SSSR count). The number of hydrogen-bond donors (Lipinski definition) is 0. The van der Waals surface area contributed by atoms with E-state index in [0.717, 1.165) is 27.8 Å². The number of carbonyl (C=O) groups is 2. The monoisotopic (exact) mass is 455 g/mol. The van der Waals surface area contributed by atoms with Crippen LogP contribution in [0.5, 0.6) is 5.75 Å². The molecule has 150 valence electrons. The summed E-state index contributed by atoms with van der Waals surface area (Å²) < 4.78 is 5.77. The Morgan fingerprint density at radius 2 is 1.60 bits per heavy atom. The van der Waals surface area contributed by atoms with Gasteiger partial charge in [-0.1, -0.05) is 53.5 Å². The van der Waals surface area contributed by atoms with E-state index in [-0.39, 0.29) is 11.1 Å². The maximum atomic E-state index is 12.7. The molecule has 0 aliphatic carbocycles. The SMILES string of the molecule is O=C1S/C(=C\c2ccc(OCc3ccccc3Cl)cc2)C(=O)N1c1ccc(Cl)cc1. The van der Waals surface area contributed by atoms with Crippen LogP contribution < -0.4 is 9.64 Å². The van der Waals surface area contributed by atoms with Crippen molar-refractivity contribution in [2.24, 2.45) is 0 Å². The number of ether oxygens (including phenoxy) is 1. The molecule has 2 amide bonds. The second kappa shape index (κ2) is 8.96. The van der Waals surface area contributed by atoms with Gasteiger partial charge in [0.05, 0.1) is 10.6 Å². The number of amides is 2. The van der Waals surface area contributed by atoms with E-state index >= 15 is 0 Å². The van der Waals surface area contributed by atoms with Crippen molar-refractivity contribution in [2.75, 3.05) is 4.90 Å². The smallest absolute Gasteiger partial charge is 0.298 e. The van der Waals surface area contributed by atoms with E-state index in [9.17, 15) is 9.59 Å². The molecule has 1 aliphatic heterocycles. The van der Waals surface area contributed by atoms with Crippen molar-refractivity contribution in [2.45, 2.75) is 6.61 Å². The topological polar surface area (TPSA) is 46.6 Å². The summed E-state index contributed by atoms with van der Waals surface area (Å²) >= 11 is 12.9. The summed E-state index contributed by atoms with van der Waals surface area (Å²) in [4.78, 5) is 26.6. The van der Waals surface area contributed by atoms with Gasteiger partial charge in [0.2, 0.25) is 0 Å². The van der Waals surface area contributed by atoms with E-state index in [4.69, 9.17) is 27.9 Å². The number of benzene rings is 3. The number of nitrogens with zero attached hydrogens (tertiary/aromatic N) is 1. The first-order valence-corrected chi connectivity index (χ1v) is 10.6. The van der Waals surface area contributed by atoms with Crippen LogP contribution in [0, 0.1) is 0 Å². The zero-order valence-electron chi connectivity index (χ0n) is 15.5. The van der Waals surface area contributed by atoms with Gasteiger partial charge in [0, 0.05) is 15.6 Å². The van der Waals surface area contributed by atoms with Crippen LogP contribution in [0.4, 0.5) is 10.5 Å². The zero-order chi connectivity index (χ0) is 21.1. The number of imide groups is 1. The summed E-state index contributed by atoms with van der Waals surface area (Å²) in [5.74, 6) is 0.327. The second-order valence-electron chi connectivity index (χ2n) is 6.44. The molecule has 1 aliphatic rings. The van der Waals surface area contributed by atoms with Crippen LogP contribution in [-0.4, -0.2) is 11.1 Å². The lowest BCUT2D eigenvalue weighted by atomic mass is 10.2. The Hall–Kier alpha value is -2.73. The number of carbonyl (C=O) groups excluding carboxylic acids is 2. The van der Waals surface area contributed by atoms with Crippen molar-refractivity contribution in [3.05, 3.63) is 98.9 Å². The van der Waals surface area contributed by atoms with E-state index in [1.54, 1.807) is 30.3 Å². The Morgan fingerprint density at radius 3 is 2.30 bits per heavy atom. The van der Waals surface area contributed by atoms with Gasteiger partial charge in [-0.2, -0.15) is 0 Å². The lowest BCUT2D eigenvalue weighted by Crippen LogP contribution is -2.27. The molecule has 0 saturated carbocycles. The summed E-state index contributed by atoms with van der Waals surface area (Å²) in [6.45, 7) is 0.360. The quantitative estimate of drug-likeness (QED) is 0.396. The van der Waals surface area contributed by atoms with Crippen molar-refractivity contribution in [1.29, 1.82) is 0 Å². The predicted molar refractivity (Wildman–Crippen MR) is 122 cm³/mol. The Kier molecular flexibility index (Phi) is 6.13. The minimum Gasteiger partial charge on any atom is -0.489 e. The zero-order valence-corrected chi connectivity index (χ0v) is 17.9. The van der Waals surface area contributed by atoms with Crippen LogP contribution in [0.25, 0.3) is 6.08 Å². The summed E-state index contributed by atoms with van der Waals surface area (Å²) in [5, 5.41) is 0.858. The second-order valence-corrected chi connectivity index (χ2v) is 8.28. The van der Waals surface area contributed by atoms with E-state index in [1.165, 1.54) is 0 Å². The predicted octanol–water partition coefficient (Wildman–Crippen LogP) is 6.81. The highest BCUT2D eigenvalue weighted by Crippen LogP contribution is 2.36. The third kappa shape index (κ3) is 4.54. The van der Waals surface area contributed by atoms with Gasteiger partial charge in [-0.25, -0.2) is 4.90 Å². The molecule has 1 fully saturated rings. The Balaban J connectivity index is 1.46. The fraction of sp³-hybridized carbons (Fsp3) is 0.0435. The number of thioether (sulfide) groups is 1. The highest BCUT2D eigenvalue weighted by molar-refractivity contribution is 8.19. The van der Waals surface area contributed by atoms with Crippen molar-refractivity contribution in [1.82, 2.24) is 0 Å². The molecule has 0 spiro atoms. The van der Waals surface area contributed by atoms with E-state index in [2.05, 4.69) is 0 Å². The first-order valence-electron chi connectivity index (χ1n) is 9.01. The molecule has 3 aromatic rings. The van der Waals surface area contributed by atoms with Gasteiger partial charge >= 0.3 is 0 Å². The lowest BCUT2D eigenvalue weighted by Gasteiger charge is -2.12. The average molecular weight is 456 g/mol. The van der Waals surface area contributed by atoms with Gasteiger partial charge in [0.25, 0.3) is 11.1 Å². The minimum absolute atomic E-state index is 0.340. The summed E-state index contributed by atoms with van der Waals surface area (Å²) in [6, 6.07) is 21.4. The minimum atomic E-state index is -0.355. The first kappa shape index (κ1) is 20.5. The van der Waals surface area contributed by atoms with Crippen molar-refractivity contribution >= 4 is 57.9 Å². The van der Waals surface area contributed by atoms with Crippen LogP contribution in [0.2, 0.25) is 10.0 Å². The molecule has 30 heavy (non-hydrogen) atoms. The summed E-state index contributed by atoms with van der Waals surface area (Å²) in [6.07, 6.45) is 1.69. The maximum absolute atomic E-state index is 12.7. The first-order chi connectivity index (χ1) is 14.5. The van der Waals surface area contributed by atoms with E-state index in [1.807, 2.05) is 48.5 Å². The third-order valence-electron chi connectivity index (χ3n) is 4.41. The van der Waals surface area contributed by atoms with Gasteiger partial charge in [-0.05, 0) is 65.9 Å². The fourth-order valence-corrected chi connectivity index (χ4v) is 4.03. The van der Waals surface area contributed by atoms with Crippen LogP contribution in [0.3, 0.4) is 0 Å². The maximum Gasteiger partial charge on any atom is 0.298 e. The largest absolute Gasteiger partial charge is 0.489 e. The normalized spacial score (nSPS) is 15.1. The number of rotatable bonds is 5. The molecule has 7 heteroatoms. The lowest BCUT2D eigenvalue weighted by molar-refractivity contribution is -0.113. The third-order valence-corrected chi connectivity index (χ3v) is 5.90. The number of halogens is 2. The molecular weight excluding hydrogens is 441 g/mol. The Labute approximate surface area is 188 Å². The molecule has 0 unspecified atom stereocenters. The van der Waals surface area contributed by atoms with Crippen LogP contribution in [-0.2, 0) is 11.4 Å². The molecule has 1 heterocycles. The molecule has 0 radical (unpaired) electrons. The Morgan fingerprint density at radius 1 is 0.900 bits per heavy atom. The fourth-order valence-electron chi connectivity index (χ4n) is 2.87. The molecular formula is C23H15Cl2NO3S. The van der Waals surface area contributed by atoms with Crippen LogP contribution >= 0.6 is 35.0 Å². The number of anilines is 1.